The zero-order valence-corrected chi connectivity index (χ0v) is 13.1. The first-order chi connectivity index (χ1) is 9.72. The maximum Gasteiger partial charge on any atom is 0.310 e. The molecule has 0 saturated heterocycles. The monoisotopic (exact) mass is 278 g/mol. The van der Waals surface area contributed by atoms with Crippen LogP contribution in [0.4, 0.5) is 0 Å². The number of hydrogen-bond acceptors (Lipinski definition) is 1. The summed E-state index contributed by atoms with van der Waals surface area (Å²) in [6, 6.07) is 0. The first kappa shape index (κ1) is 18.7. The van der Waals surface area contributed by atoms with Gasteiger partial charge in [-0.3, -0.25) is 4.79 Å². The van der Waals surface area contributed by atoms with E-state index in [0.29, 0.717) is 0 Å². The van der Waals surface area contributed by atoms with Crippen LogP contribution in [0.15, 0.2) is 36.5 Å². The number of aliphatic carboxylic acids is 1. The van der Waals surface area contributed by atoms with E-state index in [4.69, 9.17) is 5.11 Å². The normalized spacial score (nSPS) is 13.7. The minimum Gasteiger partial charge on any atom is -0.481 e. The summed E-state index contributed by atoms with van der Waals surface area (Å²) >= 11 is 0. The lowest BCUT2D eigenvalue weighted by Crippen LogP contribution is -2.10. The predicted octanol–water partition coefficient (Wildman–Crippen LogP) is 5.52. The summed E-state index contributed by atoms with van der Waals surface area (Å²) in [5, 5.41) is 9.15. The molecule has 0 rings (SSSR count). The molecule has 0 aliphatic rings. The summed E-state index contributed by atoms with van der Waals surface area (Å²) in [6.45, 7) is 4.28. The molecule has 0 aliphatic heterocycles. The zero-order chi connectivity index (χ0) is 15.1. The predicted molar refractivity (Wildman–Crippen MR) is 86.8 cm³/mol. The van der Waals surface area contributed by atoms with Gasteiger partial charge in [0.15, 0.2) is 0 Å². The van der Waals surface area contributed by atoms with Crippen molar-refractivity contribution in [3.8, 4) is 0 Å². The van der Waals surface area contributed by atoms with E-state index >= 15 is 0 Å². The van der Waals surface area contributed by atoms with Crippen molar-refractivity contribution in [2.75, 3.05) is 0 Å². The quantitative estimate of drug-likeness (QED) is 0.377. The van der Waals surface area contributed by atoms with Crippen molar-refractivity contribution in [2.24, 2.45) is 5.92 Å². The summed E-state index contributed by atoms with van der Waals surface area (Å²) in [5.41, 5.74) is 0. The minimum atomic E-state index is -0.701. The molecule has 0 spiro atoms. The Kier molecular flexibility index (Phi) is 13.2. The molecule has 0 amide bonds. The third kappa shape index (κ3) is 11.8. The molecule has 0 heterocycles. The van der Waals surface area contributed by atoms with Gasteiger partial charge in [0.25, 0.3) is 0 Å². The lowest BCUT2D eigenvalue weighted by atomic mass is 10.00. The van der Waals surface area contributed by atoms with Gasteiger partial charge in [0.2, 0.25) is 0 Å². The second-order valence-electron chi connectivity index (χ2n) is 5.04. The van der Waals surface area contributed by atoms with Crippen LogP contribution in [0.5, 0.6) is 0 Å². The Morgan fingerprint density at radius 1 is 0.950 bits per heavy atom. The van der Waals surface area contributed by atoms with Crippen molar-refractivity contribution in [1.82, 2.24) is 0 Å². The van der Waals surface area contributed by atoms with Crippen molar-refractivity contribution in [3.63, 3.8) is 0 Å². The summed E-state index contributed by atoms with van der Waals surface area (Å²) < 4.78 is 0. The molecule has 2 nitrogen and oxygen atoms in total. The second-order valence-corrected chi connectivity index (χ2v) is 5.04. The molecule has 0 bridgehead atoms. The lowest BCUT2D eigenvalue weighted by molar-refractivity contribution is -0.140. The van der Waals surface area contributed by atoms with E-state index in [0.717, 1.165) is 38.5 Å². The molecule has 0 aliphatic carbocycles. The molecule has 1 unspecified atom stereocenters. The average molecular weight is 278 g/mol. The molecule has 2 heteroatoms. The van der Waals surface area contributed by atoms with Gasteiger partial charge in [-0.2, -0.15) is 0 Å². The Hall–Kier alpha value is -1.31. The van der Waals surface area contributed by atoms with Gasteiger partial charge in [0, 0.05) is 0 Å². The third-order valence-corrected chi connectivity index (χ3v) is 3.17. The standard InChI is InChI=1S/C18H30O2/c1-3-5-7-9-10-11-12-14-16-17(18(19)20)15-13-8-6-4-2/h5,7,10-11,14,16-17H,3-4,6,8-9,12-13,15H2,1-2H3,(H,19,20)/b7-5-,11-10-,16-14-. The average Bonchev–Trinajstić information content (AvgIpc) is 2.43. The maximum absolute atomic E-state index is 11.1. The van der Waals surface area contributed by atoms with Crippen molar-refractivity contribution in [1.29, 1.82) is 0 Å². The summed E-state index contributed by atoms with van der Waals surface area (Å²) in [4.78, 5) is 11.1. The van der Waals surface area contributed by atoms with Crippen molar-refractivity contribution in [3.05, 3.63) is 36.5 Å². The second kappa shape index (κ2) is 14.1. The van der Waals surface area contributed by atoms with E-state index in [9.17, 15) is 4.79 Å². The first-order valence-electron chi connectivity index (χ1n) is 7.91. The van der Waals surface area contributed by atoms with Gasteiger partial charge in [0.1, 0.15) is 0 Å². The molecule has 0 aromatic heterocycles. The maximum atomic E-state index is 11.1. The topological polar surface area (TPSA) is 37.3 Å². The number of hydrogen-bond donors (Lipinski definition) is 1. The third-order valence-electron chi connectivity index (χ3n) is 3.17. The lowest BCUT2D eigenvalue weighted by Gasteiger charge is -2.06. The van der Waals surface area contributed by atoms with Crippen LogP contribution in [0.1, 0.15) is 65.2 Å². The highest BCUT2D eigenvalue weighted by atomic mass is 16.4. The van der Waals surface area contributed by atoms with E-state index in [2.05, 4.69) is 38.2 Å². The van der Waals surface area contributed by atoms with Gasteiger partial charge in [-0.05, 0) is 25.7 Å². The van der Waals surface area contributed by atoms with Crippen LogP contribution in [0.3, 0.4) is 0 Å². The van der Waals surface area contributed by atoms with Gasteiger partial charge in [-0.25, -0.2) is 0 Å². The fraction of sp³-hybridized carbons (Fsp3) is 0.611. The van der Waals surface area contributed by atoms with E-state index in [1.165, 1.54) is 12.8 Å². The fourth-order valence-corrected chi connectivity index (χ4v) is 1.95. The number of carbonyl (C=O) groups is 1. The van der Waals surface area contributed by atoms with E-state index < -0.39 is 5.97 Å². The van der Waals surface area contributed by atoms with Gasteiger partial charge in [0.05, 0.1) is 5.92 Å². The molecule has 1 N–H and O–H groups in total. The van der Waals surface area contributed by atoms with Crippen molar-refractivity contribution >= 4 is 5.97 Å². The number of unbranched alkanes of at least 4 members (excludes halogenated alkanes) is 3. The Morgan fingerprint density at radius 3 is 2.20 bits per heavy atom. The molecule has 0 aromatic carbocycles. The number of carboxylic acids is 1. The van der Waals surface area contributed by atoms with Crippen LogP contribution in [-0.4, -0.2) is 11.1 Å². The molecule has 0 aromatic rings. The molecule has 0 radical (unpaired) electrons. The molecule has 114 valence electrons. The molecular weight excluding hydrogens is 248 g/mol. The van der Waals surface area contributed by atoms with Crippen LogP contribution in [0.2, 0.25) is 0 Å². The van der Waals surface area contributed by atoms with Crippen molar-refractivity contribution < 1.29 is 9.90 Å². The van der Waals surface area contributed by atoms with Gasteiger partial charge in [-0.1, -0.05) is 76.0 Å². The molecule has 0 fully saturated rings. The van der Waals surface area contributed by atoms with Crippen LogP contribution in [0, 0.1) is 5.92 Å². The highest BCUT2D eigenvalue weighted by Crippen LogP contribution is 2.13. The van der Waals surface area contributed by atoms with E-state index in [1.807, 2.05) is 12.2 Å². The smallest absolute Gasteiger partial charge is 0.310 e. The van der Waals surface area contributed by atoms with E-state index in [1.54, 1.807) is 0 Å². The summed E-state index contributed by atoms with van der Waals surface area (Å²) in [5.74, 6) is -1.02. The van der Waals surface area contributed by atoms with Crippen LogP contribution in [-0.2, 0) is 4.79 Å². The number of rotatable bonds is 12. The highest BCUT2D eigenvalue weighted by Gasteiger charge is 2.12. The molecule has 20 heavy (non-hydrogen) atoms. The van der Waals surface area contributed by atoms with Gasteiger partial charge >= 0.3 is 5.97 Å². The van der Waals surface area contributed by atoms with Crippen LogP contribution in [0.25, 0.3) is 0 Å². The Bertz CT molecular complexity index is 313. The van der Waals surface area contributed by atoms with Crippen molar-refractivity contribution in [2.45, 2.75) is 65.2 Å². The molecule has 1 atom stereocenters. The highest BCUT2D eigenvalue weighted by molar-refractivity contribution is 5.72. The Morgan fingerprint density at radius 2 is 1.60 bits per heavy atom. The Labute approximate surface area is 124 Å². The number of allylic oxidation sites excluding steroid dienone is 5. The minimum absolute atomic E-state index is 0.319. The molecular formula is C18H30O2. The SMILES string of the molecule is CC/C=C\C/C=C\C/C=C\C(CCCCCC)C(=O)O. The van der Waals surface area contributed by atoms with Gasteiger partial charge in [-0.15, -0.1) is 0 Å². The Balaban J connectivity index is 3.90. The van der Waals surface area contributed by atoms with E-state index in [-0.39, 0.29) is 5.92 Å². The first-order valence-corrected chi connectivity index (χ1v) is 7.91. The zero-order valence-electron chi connectivity index (χ0n) is 13.1. The summed E-state index contributed by atoms with van der Waals surface area (Å²) in [6.07, 6.45) is 20.5. The van der Waals surface area contributed by atoms with Crippen LogP contribution >= 0.6 is 0 Å². The fourth-order valence-electron chi connectivity index (χ4n) is 1.95. The van der Waals surface area contributed by atoms with Gasteiger partial charge < -0.3 is 5.11 Å². The van der Waals surface area contributed by atoms with Crippen LogP contribution < -0.4 is 0 Å². The largest absolute Gasteiger partial charge is 0.481 e. The summed E-state index contributed by atoms with van der Waals surface area (Å²) in [7, 11) is 0. The number of carboxylic acid groups (broad SMARTS) is 1. The molecule has 0 saturated carbocycles.